The number of aliphatic imine (C=N–C) groups is 2. The second-order valence-electron chi connectivity index (χ2n) is 4.52. The summed E-state index contributed by atoms with van der Waals surface area (Å²) in [5, 5.41) is 7.38. The molecule has 0 bridgehead atoms. The quantitative estimate of drug-likeness (QED) is 0.360. The smallest absolute Gasteiger partial charge is 0.160 e. The fourth-order valence-electron chi connectivity index (χ4n) is 1.66. The molecule has 0 aliphatic carbocycles. The predicted octanol–water partition coefficient (Wildman–Crippen LogP) is 1.79. The van der Waals surface area contributed by atoms with Crippen LogP contribution in [0, 0.1) is 0 Å². The monoisotopic (exact) mass is 327 g/mol. The molecule has 0 radical (unpaired) electrons. The molecule has 21 heavy (non-hydrogen) atoms. The van der Waals surface area contributed by atoms with Crippen LogP contribution in [0.3, 0.4) is 0 Å². The van der Waals surface area contributed by atoms with Crippen molar-refractivity contribution < 1.29 is 0 Å². The molecular formula is C14H25N5S2. The first-order valence-corrected chi connectivity index (χ1v) is 8.96. The van der Waals surface area contributed by atoms with Crippen molar-refractivity contribution in [2.24, 2.45) is 15.7 Å². The van der Waals surface area contributed by atoms with Gasteiger partial charge in [-0.1, -0.05) is 18.3 Å². The highest BCUT2D eigenvalue weighted by Gasteiger charge is 2.14. The molecule has 118 valence electrons. The summed E-state index contributed by atoms with van der Waals surface area (Å²) in [5.74, 6) is 2.00. The van der Waals surface area contributed by atoms with Crippen LogP contribution in [0.15, 0.2) is 33.4 Å². The number of allylic oxidation sites excluding steroid dienone is 1. The maximum Gasteiger partial charge on any atom is 0.160 e. The molecule has 0 aromatic carbocycles. The molecule has 1 atom stereocenters. The maximum atomic E-state index is 5.49. The van der Waals surface area contributed by atoms with Crippen molar-refractivity contribution >= 4 is 34.9 Å². The Morgan fingerprint density at radius 2 is 2.38 bits per heavy atom. The van der Waals surface area contributed by atoms with E-state index in [4.69, 9.17) is 5.73 Å². The van der Waals surface area contributed by atoms with E-state index in [0.717, 1.165) is 28.8 Å². The summed E-state index contributed by atoms with van der Waals surface area (Å²) in [6.07, 6.45) is 4.87. The van der Waals surface area contributed by atoms with Crippen molar-refractivity contribution in [1.82, 2.24) is 10.6 Å². The van der Waals surface area contributed by atoms with Gasteiger partial charge >= 0.3 is 0 Å². The first kappa shape index (κ1) is 18.3. The third kappa shape index (κ3) is 7.71. The highest BCUT2D eigenvalue weighted by molar-refractivity contribution is 8.14. The highest BCUT2D eigenvalue weighted by atomic mass is 32.2. The number of likely N-dealkylation sites (N-methyl/N-ethyl adjacent to an activating group) is 1. The normalized spacial score (nSPS) is 18.5. The largest absolute Gasteiger partial charge is 0.340 e. The Kier molecular flexibility index (Phi) is 9.49. The van der Waals surface area contributed by atoms with Gasteiger partial charge in [-0.25, -0.2) is 0 Å². The molecule has 0 aromatic heterocycles. The van der Waals surface area contributed by atoms with Gasteiger partial charge in [0, 0.05) is 53.5 Å². The number of amidine groups is 1. The van der Waals surface area contributed by atoms with Gasteiger partial charge in [-0.05, 0) is 14.0 Å². The summed E-state index contributed by atoms with van der Waals surface area (Å²) >= 11 is 3.55. The van der Waals surface area contributed by atoms with E-state index in [1.165, 1.54) is 4.91 Å². The summed E-state index contributed by atoms with van der Waals surface area (Å²) in [5.41, 5.74) is 6.39. The van der Waals surface area contributed by atoms with Crippen LogP contribution >= 0.6 is 23.5 Å². The van der Waals surface area contributed by atoms with Gasteiger partial charge in [0.05, 0.1) is 6.54 Å². The molecule has 1 heterocycles. The van der Waals surface area contributed by atoms with Crippen LogP contribution in [0.2, 0.25) is 0 Å². The van der Waals surface area contributed by atoms with E-state index in [2.05, 4.69) is 27.2 Å². The predicted molar refractivity (Wildman–Crippen MR) is 98.3 cm³/mol. The third-order valence-electron chi connectivity index (χ3n) is 2.64. The molecule has 1 unspecified atom stereocenters. The molecule has 0 spiro atoms. The summed E-state index contributed by atoms with van der Waals surface area (Å²) in [4.78, 5) is 9.95. The lowest BCUT2D eigenvalue weighted by Crippen LogP contribution is -2.28. The van der Waals surface area contributed by atoms with Crippen LogP contribution in [0.4, 0.5) is 0 Å². The molecule has 0 fully saturated rings. The molecule has 4 N–H and O–H groups in total. The van der Waals surface area contributed by atoms with Crippen LogP contribution in [0.1, 0.15) is 13.3 Å². The van der Waals surface area contributed by atoms with Gasteiger partial charge in [0.1, 0.15) is 0 Å². The number of nitrogens with one attached hydrogen (secondary N) is 2. The van der Waals surface area contributed by atoms with E-state index in [0.29, 0.717) is 19.1 Å². The van der Waals surface area contributed by atoms with Crippen molar-refractivity contribution in [2.45, 2.75) is 19.4 Å². The van der Waals surface area contributed by atoms with Gasteiger partial charge < -0.3 is 16.4 Å². The maximum absolute atomic E-state index is 5.49. The number of nitrogens with two attached hydrogens (primary N) is 1. The lowest BCUT2D eigenvalue weighted by atomic mass is 10.2. The molecule has 1 aliphatic rings. The topological polar surface area (TPSA) is 74.8 Å². The molecule has 0 aromatic rings. The van der Waals surface area contributed by atoms with Crippen molar-refractivity contribution in [2.75, 3.05) is 31.6 Å². The van der Waals surface area contributed by atoms with Crippen molar-refractivity contribution in [3.05, 3.63) is 23.4 Å². The number of thioether (sulfide) groups is 2. The molecule has 1 rings (SSSR count). The minimum atomic E-state index is 0.399. The summed E-state index contributed by atoms with van der Waals surface area (Å²) < 4.78 is 0. The van der Waals surface area contributed by atoms with Gasteiger partial charge in [0.25, 0.3) is 0 Å². The number of hydrogen-bond donors (Lipinski definition) is 3. The number of nitrogens with zero attached hydrogens (tertiary/aromatic N) is 2. The van der Waals surface area contributed by atoms with E-state index in [1.807, 2.05) is 38.1 Å². The fraction of sp³-hybridized carbons (Fsp3) is 0.571. The lowest BCUT2D eigenvalue weighted by molar-refractivity contribution is 0.681. The zero-order chi connectivity index (χ0) is 15.5. The molecular weight excluding hydrogens is 302 g/mol. The van der Waals surface area contributed by atoms with Gasteiger partial charge in [0.2, 0.25) is 0 Å². The van der Waals surface area contributed by atoms with E-state index < -0.39 is 0 Å². The van der Waals surface area contributed by atoms with Crippen molar-refractivity contribution in [1.29, 1.82) is 0 Å². The Labute approximate surface area is 136 Å². The lowest BCUT2D eigenvalue weighted by Gasteiger charge is -2.19. The summed E-state index contributed by atoms with van der Waals surface area (Å²) in [6, 6.07) is 0.399. The van der Waals surface area contributed by atoms with E-state index in [9.17, 15) is 0 Å². The van der Waals surface area contributed by atoms with E-state index in [-0.39, 0.29) is 0 Å². The minimum absolute atomic E-state index is 0.399. The van der Waals surface area contributed by atoms with E-state index in [1.54, 1.807) is 11.8 Å². The Hall–Kier alpha value is -0.760. The Balaban J connectivity index is 2.35. The first-order valence-electron chi connectivity index (χ1n) is 6.99. The molecule has 5 nitrogen and oxygen atoms in total. The fourth-order valence-corrected chi connectivity index (χ4v) is 3.74. The van der Waals surface area contributed by atoms with Gasteiger partial charge in [-0.3, -0.25) is 9.98 Å². The third-order valence-corrected chi connectivity index (χ3v) is 4.94. The molecule has 0 saturated heterocycles. The zero-order valence-corrected chi connectivity index (χ0v) is 14.4. The van der Waals surface area contributed by atoms with Crippen LogP contribution in [-0.2, 0) is 0 Å². The van der Waals surface area contributed by atoms with Crippen molar-refractivity contribution in [3.63, 3.8) is 0 Å². The molecule has 0 amide bonds. The van der Waals surface area contributed by atoms with Crippen LogP contribution in [0.5, 0.6) is 0 Å². The SMILES string of the molecule is C=C(C)NC(=NCCN)SCCSC1=CN=CCC1NC. The van der Waals surface area contributed by atoms with Gasteiger partial charge in [-0.2, -0.15) is 0 Å². The van der Waals surface area contributed by atoms with Crippen LogP contribution in [-0.4, -0.2) is 49.1 Å². The average molecular weight is 328 g/mol. The second kappa shape index (κ2) is 10.9. The number of rotatable bonds is 8. The number of hydrogen-bond acceptors (Lipinski definition) is 6. The summed E-state index contributed by atoms with van der Waals surface area (Å²) in [7, 11) is 1.99. The molecule has 0 saturated carbocycles. The zero-order valence-electron chi connectivity index (χ0n) is 12.8. The Morgan fingerprint density at radius 1 is 1.57 bits per heavy atom. The molecule has 1 aliphatic heterocycles. The Bertz CT molecular complexity index is 418. The standard InChI is InChI=1S/C14H25N5S2/c1-11(2)19-14(18-7-5-15)21-9-8-20-13-10-17-6-4-12(13)16-3/h6,10,12,16H,1,4-5,7-9,15H2,2-3H3,(H,18,19). The highest BCUT2D eigenvalue weighted by Crippen LogP contribution is 2.24. The molecule has 7 heteroatoms. The van der Waals surface area contributed by atoms with Crippen LogP contribution in [0.25, 0.3) is 0 Å². The van der Waals surface area contributed by atoms with E-state index >= 15 is 0 Å². The second-order valence-corrected chi connectivity index (χ2v) is 6.77. The van der Waals surface area contributed by atoms with Gasteiger partial charge in [0.15, 0.2) is 5.17 Å². The van der Waals surface area contributed by atoms with Crippen molar-refractivity contribution in [3.8, 4) is 0 Å². The average Bonchev–Trinajstić information content (AvgIpc) is 2.48. The Morgan fingerprint density at radius 3 is 3.05 bits per heavy atom. The van der Waals surface area contributed by atoms with Crippen LogP contribution < -0.4 is 16.4 Å². The van der Waals surface area contributed by atoms with Gasteiger partial charge in [-0.15, -0.1) is 11.8 Å². The summed E-state index contributed by atoms with van der Waals surface area (Å²) in [6.45, 7) is 6.97. The first-order chi connectivity index (χ1) is 10.2. The minimum Gasteiger partial charge on any atom is -0.340 e.